The van der Waals surface area contributed by atoms with Gasteiger partial charge in [0.25, 0.3) is 0 Å². The number of hydrogen-bond acceptors (Lipinski definition) is 4. The molecule has 1 aliphatic rings. The van der Waals surface area contributed by atoms with Gasteiger partial charge in [-0.2, -0.15) is 0 Å². The number of nitrogens with one attached hydrogen (secondary N) is 1. The minimum absolute atomic E-state index is 0.0112. The Morgan fingerprint density at radius 1 is 1.08 bits per heavy atom. The maximum absolute atomic E-state index is 12.0. The molecule has 0 fully saturated rings. The molecule has 3 rings (SSSR count). The Morgan fingerprint density at radius 3 is 2.65 bits per heavy atom. The molecule has 7 nitrogen and oxygen atoms in total. The van der Waals surface area contributed by atoms with Crippen molar-refractivity contribution in [2.45, 2.75) is 51.5 Å². The van der Waals surface area contributed by atoms with E-state index < -0.39 is 5.97 Å². The third-order valence-electron chi connectivity index (χ3n) is 4.70. The number of carbonyl (C=O) groups excluding carboxylic acids is 1. The molecule has 1 aliphatic heterocycles. The molecule has 0 spiro atoms. The summed E-state index contributed by atoms with van der Waals surface area (Å²) in [5.41, 5.74) is 1.21. The second-order valence-electron chi connectivity index (χ2n) is 6.60. The largest absolute Gasteiger partial charge is 0.478 e. The summed E-state index contributed by atoms with van der Waals surface area (Å²) >= 11 is 0. The summed E-state index contributed by atoms with van der Waals surface area (Å²) < 4.78 is 2.20. The second kappa shape index (κ2) is 8.60. The van der Waals surface area contributed by atoms with E-state index >= 15 is 0 Å². The zero-order chi connectivity index (χ0) is 18.4. The van der Waals surface area contributed by atoms with E-state index in [0.29, 0.717) is 25.8 Å². The molecule has 1 aromatic carbocycles. The highest BCUT2D eigenvalue weighted by Crippen LogP contribution is 2.14. The van der Waals surface area contributed by atoms with E-state index in [1.165, 1.54) is 12.8 Å². The van der Waals surface area contributed by atoms with Crippen molar-refractivity contribution in [3.8, 4) is 0 Å². The molecule has 0 radical (unpaired) electrons. The number of aromatic carboxylic acids is 1. The molecule has 2 N–H and O–H groups in total. The van der Waals surface area contributed by atoms with Gasteiger partial charge in [0.1, 0.15) is 11.6 Å². The lowest BCUT2D eigenvalue weighted by Gasteiger charge is -2.08. The first-order valence-corrected chi connectivity index (χ1v) is 9.13. The number of aryl methyl sites for hydroxylation is 2. The molecular formula is C19H24N4O3. The van der Waals surface area contributed by atoms with Crippen molar-refractivity contribution in [1.29, 1.82) is 0 Å². The standard InChI is InChI=1S/C19H24N4O3/c24-18(10-7-14-5-8-15(9-6-14)19(25)26)20-12-11-17-22-21-16-4-2-1-3-13-23(16)17/h5-6,8-9H,1-4,7,10-13H2,(H,20,24)(H,25,26). The van der Waals surface area contributed by atoms with Crippen LogP contribution in [0.15, 0.2) is 24.3 Å². The normalized spacial score (nSPS) is 13.7. The minimum atomic E-state index is -0.944. The Labute approximate surface area is 152 Å². The molecule has 0 aliphatic carbocycles. The van der Waals surface area contributed by atoms with Gasteiger partial charge in [0, 0.05) is 32.4 Å². The SMILES string of the molecule is O=C(CCc1ccc(C(=O)O)cc1)NCCc1nnc2n1CCCCC2. The third-order valence-corrected chi connectivity index (χ3v) is 4.70. The van der Waals surface area contributed by atoms with E-state index in [2.05, 4.69) is 20.1 Å². The van der Waals surface area contributed by atoms with Gasteiger partial charge in [-0.15, -0.1) is 10.2 Å². The molecule has 2 heterocycles. The molecule has 0 saturated heterocycles. The van der Waals surface area contributed by atoms with Crippen LogP contribution in [0.3, 0.4) is 0 Å². The number of carbonyl (C=O) groups is 2. The van der Waals surface area contributed by atoms with Crippen LogP contribution < -0.4 is 5.32 Å². The van der Waals surface area contributed by atoms with Crippen LogP contribution >= 0.6 is 0 Å². The van der Waals surface area contributed by atoms with Gasteiger partial charge in [0.2, 0.25) is 5.91 Å². The Kier molecular flexibility index (Phi) is 5.99. The van der Waals surface area contributed by atoms with E-state index in [0.717, 1.165) is 36.6 Å². The molecule has 0 bridgehead atoms. The zero-order valence-electron chi connectivity index (χ0n) is 14.8. The Hall–Kier alpha value is -2.70. The molecule has 2 aromatic rings. The highest BCUT2D eigenvalue weighted by molar-refractivity contribution is 5.87. The maximum atomic E-state index is 12.0. The highest BCUT2D eigenvalue weighted by atomic mass is 16.4. The van der Waals surface area contributed by atoms with E-state index in [4.69, 9.17) is 5.11 Å². The summed E-state index contributed by atoms with van der Waals surface area (Å²) in [5.74, 6) is 1.06. The molecule has 26 heavy (non-hydrogen) atoms. The monoisotopic (exact) mass is 356 g/mol. The molecule has 1 amide bonds. The van der Waals surface area contributed by atoms with Crippen LogP contribution in [0, 0.1) is 0 Å². The van der Waals surface area contributed by atoms with E-state index in [9.17, 15) is 9.59 Å². The number of benzene rings is 1. The van der Waals surface area contributed by atoms with Crippen molar-refractivity contribution < 1.29 is 14.7 Å². The molecule has 138 valence electrons. The van der Waals surface area contributed by atoms with Crippen LogP contribution in [-0.4, -0.2) is 38.3 Å². The average Bonchev–Trinajstić information content (AvgIpc) is 2.87. The fraction of sp³-hybridized carbons (Fsp3) is 0.474. The van der Waals surface area contributed by atoms with Crippen LogP contribution in [0.2, 0.25) is 0 Å². The van der Waals surface area contributed by atoms with Crippen molar-refractivity contribution >= 4 is 11.9 Å². The predicted octanol–water partition coefficient (Wildman–Crippen LogP) is 1.99. The molecule has 0 atom stereocenters. The topological polar surface area (TPSA) is 97.1 Å². The van der Waals surface area contributed by atoms with Crippen LogP contribution in [0.4, 0.5) is 0 Å². The van der Waals surface area contributed by atoms with Crippen molar-refractivity contribution in [2.24, 2.45) is 0 Å². The summed E-state index contributed by atoms with van der Waals surface area (Å²) in [7, 11) is 0. The van der Waals surface area contributed by atoms with Gasteiger partial charge in [-0.3, -0.25) is 4.79 Å². The molecular weight excluding hydrogens is 332 g/mol. The van der Waals surface area contributed by atoms with Gasteiger partial charge >= 0.3 is 5.97 Å². The Morgan fingerprint density at radius 2 is 1.88 bits per heavy atom. The van der Waals surface area contributed by atoms with Gasteiger partial charge in [0.15, 0.2) is 0 Å². The quantitative estimate of drug-likeness (QED) is 0.791. The van der Waals surface area contributed by atoms with Crippen LogP contribution in [0.25, 0.3) is 0 Å². The predicted molar refractivity (Wildman–Crippen MR) is 96.0 cm³/mol. The smallest absolute Gasteiger partial charge is 0.335 e. The number of carboxylic acid groups (broad SMARTS) is 1. The number of nitrogens with zero attached hydrogens (tertiary/aromatic N) is 3. The summed E-state index contributed by atoms with van der Waals surface area (Å²) in [4.78, 5) is 22.8. The third kappa shape index (κ3) is 4.68. The molecule has 1 aromatic heterocycles. The van der Waals surface area contributed by atoms with Crippen molar-refractivity contribution in [3.63, 3.8) is 0 Å². The van der Waals surface area contributed by atoms with E-state index in [1.54, 1.807) is 24.3 Å². The van der Waals surface area contributed by atoms with Gasteiger partial charge in [-0.25, -0.2) is 4.79 Å². The summed E-state index contributed by atoms with van der Waals surface area (Å²) in [6, 6.07) is 6.63. The summed E-state index contributed by atoms with van der Waals surface area (Å²) in [6.07, 6.45) is 6.20. The van der Waals surface area contributed by atoms with Gasteiger partial charge in [-0.1, -0.05) is 18.6 Å². The summed E-state index contributed by atoms with van der Waals surface area (Å²) in [6.45, 7) is 1.52. The number of carboxylic acids is 1. The fourth-order valence-electron chi connectivity index (χ4n) is 3.20. The average molecular weight is 356 g/mol. The van der Waals surface area contributed by atoms with Gasteiger partial charge in [0.05, 0.1) is 5.56 Å². The molecule has 0 saturated carbocycles. The lowest BCUT2D eigenvalue weighted by molar-refractivity contribution is -0.121. The zero-order valence-corrected chi connectivity index (χ0v) is 14.8. The Bertz CT molecular complexity index is 768. The minimum Gasteiger partial charge on any atom is -0.478 e. The van der Waals surface area contributed by atoms with E-state index in [1.807, 2.05) is 0 Å². The second-order valence-corrected chi connectivity index (χ2v) is 6.60. The van der Waals surface area contributed by atoms with Crippen molar-refractivity contribution in [1.82, 2.24) is 20.1 Å². The van der Waals surface area contributed by atoms with Gasteiger partial charge < -0.3 is 15.0 Å². The number of hydrogen-bond donors (Lipinski definition) is 2. The van der Waals surface area contributed by atoms with Crippen LogP contribution in [-0.2, 0) is 30.6 Å². The number of amides is 1. The summed E-state index contributed by atoms with van der Waals surface area (Å²) in [5, 5.41) is 20.3. The lowest BCUT2D eigenvalue weighted by atomic mass is 10.1. The first-order valence-electron chi connectivity index (χ1n) is 9.13. The van der Waals surface area contributed by atoms with Crippen LogP contribution in [0.1, 0.15) is 53.3 Å². The highest BCUT2D eigenvalue weighted by Gasteiger charge is 2.14. The number of fused-ring (bicyclic) bond motifs is 1. The molecule has 0 unspecified atom stereocenters. The maximum Gasteiger partial charge on any atom is 0.335 e. The van der Waals surface area contributed by atoms with Crippen molar-refractivity contribution in [3.05, 3.63) is 47.0 Å². The first kappa shape index (κ1) is 18.1. The van der Waals surface area contributed by atoms with Crippen LogP contribution in [0.5, 0.6) is 0 Å². The Balaban J connectivity index is 1.42. The first-order chi connectivity index (χ1) is 12.6. The fourth-order valence-corrected chi connectivity index (χ4v) is 3.20. The lowest BCUT2D eigenvalue weighted by Crippen LogP contribution is -2.26. The van der Waals surface area contributed by atoms with Crippen molar-refractivity contribution in [2.75, 3.05) is 6.54 Å². The molecule has 7 heteroatoms. The number of aromatic nitrogens is 3. The van der Waals surface area contributed by atoms with E-state index in [-0.39, 0.29) is 11.5 Å². The number of rotatable bonds is 7. The van der Waals surface area contributed by atoms with Gasteiger partial charge in [-0.05, 0) is 37.0 Å².